The summed E-state index contributed by atoms with van der Waals surface area (Å²) in [6.07, 6.45) is -1.56. The largest absolute Gasteiger partial charge is 0.465 e. The van der Waals surface area contributed by atoms with E-state index in [1.165, 1.54) is 4.90 Å². The highest BCUT2D eigenvalue weighted by Crippen LogP contribution is 2.36. The Balaban J connectivity index is 2.45. The molecular formula is C18H22Cl2N2O3. The van der Waals surface area contributed by atoms with Gasteiger partial charge >= 0.3 is 6.09 Å². The lowest BCUT2D eigenvalue weighted by molar-refractivity contribution is -0.0638. The quantitative estimate of drug-likeness (QED) is 0.795. The Kier molecular flexibility index (Phi) is 6.21. The van der Waals surface area contributed by atoms with Gasteiger partial charge in [-0.2, -0.15) is 5.26 Å². The third kappa shape index (κ3) is 4.78. The van der Waals surface area contributed by atoms with E-state index in [1.807, 2.05) is 26.8 Å². The summed E-state index contributed by atoms with van der Waals surface area (Å²) >= 11 is 12.1. The summed E-state index contributed by atoms with van der Waals surface area (Å²) in [6, 6.07) is 7.37. The van der Waals surface area contributed by atoms with Gasteiger partial charge in [-0.1, -0.05) is 50.0 Å². The van der Waals surface area contributed by atoms with Crippen LogP contribution >= 0.6 is 23.2 Å². The average Bonchev–Trinajstić information content (AvgIpc) is 2.70. The first-order valence-electron chi connectivity index (χ1n) is 8.08. The minimum Gasteiger partial charge on any atom is -0.465 e. The van der Waals surface area contributed by atoms with Gasteiger partial charge in [-0.25, -0.2) is 4.79 Å². The van der Waals surface area contributed by atoms with E-state index in [9.17, 15) is 15.2 Å². The first-order valence-corrected chi connectivity index (χ1v) is 8.84. The number of nitrogens with zero attached hydrogens (tertiary/aromatic N) is 2. The predicted molar refractivity (Wildman–Crippen MR) is 97.1 cm³/mol. The van der Waals surface area contributed by atoms with Crippen LogP contribution in [0.5, 0.6) is 0 Å². The molecule has 1 aromatic carbocycles. The van der Waals surface area contributed by atoms with Gasteiger partial charge in [-0.15, -0.1) is 0 Å². The number of amides is 1. The molecule has 1 aliphatic rings. The Morgan fingerprint density at radius 1 is 1.36 bits per heavy atom. The molecule has 0 spiro atoms. The summed E-state index contributed by atoms with van der Waals surface area (Å²) in [5.41, 5.74) is 0.559. The monoisotopic (exact) mass is 384 g/mol. The van der Waals surface area contributed by atoms with Crippen molar-refractivity contribution in [3.63, 3.8) is 0 Å². The topological polar surface area (TPSA) is 73.6 Å². The number of benzene rings is 1. The fourth-order valence-electron chi connectivity index (χ4n) is 2.96. The van der Waals surface area contributed by atoms with Gasteiger partial charge < -0.3 is 14.7 Å². The standard InChI is InChI=1S/C18H22Cl2N2O3/c1-18(2,3)16-10-22(17(23)24)9-12(15(25-16)6-7-21)11-4-5-13(19)14(20)8-11/h4-5,8,12,15-16H,6,9-10H2,1-3H3,(H,23,24)/t12-,15-,16-/m1/s1. The van der Waals surface area contributed by atoms with Crippen LogP contribution in [-0.4, -0.2) is 41.4 Å². The third-order valence-electron chi connectivity index (χ3n) is 4.49. The maximum Gasteiger partial charge on any atom is 0.407 e. The van der Waals surface area contributed by atoms with Crippen molar-refractivity contribution in [2.45, 2.75) is 45.3 Å². The minimum atomic E-state index is -1.000. The molecule has 1 aliphatic heterocycles. The molecule has 1 saturated heterocycles. The molecule has 0 radical (unpaired) electrons. The summed E-state index contributed by atoms with van der Waals surface area (Å²) in [5, 5.41) is 19.6. The second-order valence-electron chi connectivity index (χ2n) is 7.36. The molecule has 136 valence electrons. The molecule has 1 heterocycles. The first kappa shape index (κ1) is 19.8. The molecule has 0 aromatic heterocycles. The number of hydrogen-bond donors (Lipinski definition) is 1. The molecule has 2 rings (SSSR count). The van der Waals surface area contributed by atoms with E-state index in [2.05, 4.69) is 6.07 Å². The van der Waals surface area contributed by atoms with Gasteiger partial charge in [-0.05, 0) is 23.1 Å². The van der Waals surface area contributed by atoms with Crippen molar-refractivity contribution in [3.8, 4) is 6.07 Å². The van der Waals surface area contributed by atoms with Gasteiger partial charge in [0.2, 0.25) is 0 Å². The third-order valence-corrected chi connectivity index (χ3v) is 5.23. The van der Waals surface area contributed by atoms with Crippen LogP contribution in [-0.2, 0) is 4.74 Å². The van der Waals surface area contributed by atoms with Crippen molar-refractivity contribution in [2.75, 3.05) is 13.1 Å². The summed E-state index contributed by atoms with van der Waals surface area (Å²) in [4.78, 5) is 13.1. The van der Waals surface area contributed by atoms with Crippen LogP contribution in [0.4, 0.5) is 4.79 Å². The molecule has 0 saturated carbocycles. The van der Waals surface area contributed by atoms with Crippen LogP contribution in [0.1, 0.15) is 38.7 Å². The maximum atomic E-state index is 11.7. The fraction of sp³-hybridized carbons (Fsp3) is 0.556. The van der Waals surface area contributed by atoms with Crippen molar-refractivity contribution >= 4 is 29.3 Å². The Morgan fingerprint density at radius 3 is 2.56 bits per heavy atom. The number of carboxylic acid groups (broad SMARTS) is 1. The highest BCUT2D eigenvalue weighted by Gasteiger charge is 2.39. The molecule has 1 aromatic rings. The van der Waals surface area contributed by atoms with Crippen molar-refractivity contribution < 1.29 is 14.6 Å². The van der Waals surface area contributed by atoms with Crippen molar-refractivity contribution in [1.82, 2.24) is 4.90 Å². The zero-order chi connectivity index (χ0) is 18.8. The molecule has 0 unspecified atom stereocenters. The second kappa shape index (κ2) is 7.82. The normalized spacial score (nSPS) is 24.5. The molecule has 5 nitrogen and oxygen atoms in total. The van der Waals surface area contributed by atoms with Gasteiger partial charge in [0, 0.05) is 12.5 Å². The number of carbonyl (C=O) groups is 1. The fourth-order valence-corrected chi connectivity index (χ4v) is 3.26. The highest BCUT2D eigenvalue weighted by molar-refractivity contribution is 6.42. The predicted octanol–water partition coefficient (Wildman–Crippen LogP) is 4.78. The molecule has 7 heteroatoms. The Hall–Kier alpha value is -1.48. The SMILES string of the molecule is CC(C)(C)[C@H]1CN(C(=O)O)C[C@H](c2ccc(Cl)c(Cl)c2)[C@@H](CC#N)O1. The zero-order valence-corrected chi connectivity index (χ0v) is 16.0. The number of halogens is 2. The molecule has 1 fully saturated rings. The first-order chi connectivity index (χ1) is 11.6. The van der Waals surface area contributed by atoms with Crippen LogP contribution in [0.2, 0.25) is 10.0 Å². The second-order valence-corrected chi connectivity index (χ2v) is 8.17. The summed E-state index contributed by atoms with van der Waals surface area (Å²) in [5.74, 6) is -0.294. The lowest BCUT2D eigenvalue weighted by Crippen LogP contribution is -2.42. The number of nitriles is 1. The Bertz CT molecular complexity index is 682. The summed E-state index contributed by atoms with van der Waals surface area (Å²) in [7, 11) is 0. The Labute approximate surface area is 158 Å². The van der Waals surface area contributed by atoms with Gasteiger partial charge in [0.05, 0.1) is 41.3 Å². The van der Waals surface area contributed by atoms with Crippen LogP contribution in [0.25, 0.3) is 0 Å². The van der Waals surface area contributed by atoms with E-state index in [0.29, 0.717) is 10.0 Å². The van der Waals surface area contributed by atoms with E-state index in [4.69, 9.17) is 27.9 Å². The molecule has 3 atom stereocenters. The van der Waals surface area contributed by atoms with Crippen molar-refractivity contribution in [2.24, 2.45) is 5.41 Å². The molecule has 0 bridgehead atoms. The number of rotatable bonds is 2. The van der Waals surface area contributed by atoms with E-state index in [1.54, 1.807) is 12.1 Å². The van der Waals surface area contributed by atoms with Crippen LogP contribution in [0, 0.1) is 16.7 Å². The van der Waals surface area contributed by atoms with Gasteiger partial charge in [0.15, 0.2) is 0 Å². The Morgan fingerprint density at radius 2 is 2.04 bits per heavy atom. The van der Waals surface area contributed by atoms with E-state index in [0.717, 1.165) is 5.56 Å². The average molecular weight is 385 g/mol. The minimum absolute atomic E-state index is 0.172. The van der Waals surface area contributed by atoms with E-state index in [-0.39, 0.29) is 36.9 Å². The molecule has 1 N–H and O–H groups in total. The van der Waals surface area contributed by atoms with Crippen LogP contribution < -0.4 is 0 Å². The summed E-state index contributed by atoms with van der Waals surface area (Å²) < 4.78 is 6.23. The van der Waals surface area contributed by atoms with Gasteiger partial charge in [0.1, 0.15) is 0 Å². The maximum absolute atomic E-state index is 11.7. The number of ether oxygens (including phenoxy) is 1. The molecule has 25 heavy (non-hydrogen) atoms. The van der Waals surface area contributed by atoms with Crippen molar-refractivity contribution in [3.05, 3.63) is 33.8 Å². The zero-order valence-electron chi connectivity index (χ0n) is 14.5. The summed E-state index contributed by atoms with van der Waals surface area (Å²) in [6.45, 7) is 6.51. The lowest BCUT2D eigenvalue weighted by atomic mass is 9.88. The van der Waals surface area contributed by atoms with E-state index >= 15 is 0 Å². The highest BCUT2D eigenvalue weighted by atomic mass is 35.5. The van der Waals surface area contributed by atoms with Crippen molar-refractivity contribution in [1.29, 1.82) is 5.26 Å². The molecular weight excluding hydrogens is 363 g/mol. The van der Waals surface area contributed by atoms with E-state index < -0.39 is 12.2 Å². The van der Waals surface area contributed by atoms with Crippen LogP contribution in [0.3, 0.4) is 0 Å². The smallest absolute Gasteiger partial charge is 0.407 e. The number of hydrogen-bond acceptors (Lipinski definition) is 3. The van der Waals surface area contributed by atoms with Gasteiger partial charge in [0.25, 0.3) is 0 Å². The molecule has 0 aliphatic carbocycles. The van der Waals surface area contributed by atoms with Gasteiger partial charge in [-0.3, -0.25) is 0 Å². The van der Waals surface area contributed by atoms with Crippen LogP contribution in [0.15, 0.2) is 18.2 Å². The molecule has 1 amide bonds. The lowest BCUT2D eigenvalue weighted by Gasteiger charge is -2.33.